The highest BCUT2D eigenvalue weighted by Gasteiger charge is 2.38. The number of amides is 2. The van der Waals surface area contributed by atoms with E-state index in [0.717, 1.165) is 21.6 Å². The molecular weight excluding hydrogens is 504 g/mol. The highest BCUT2D eigenvalue weighted by Crippen LogP contribution is 2.43. The molecule has 38 heavy (non-hydrogen) atoms. The number of hydrogen-bond donors (Lipinski definition) is 4. The van der Waals surface area contributed by atoms with Crippen molar-refractivity contribution in [2.45, 2.75) is 43.8 Å². The minimum atomic E-state index is -0.951. The summed E-state index contributed by atoms with van der Waals surface area (Å²) in [4.78, 5) is 24.0. The van der Waals surface area contributed by atoms with Crippen molar-refractivity contribution in [2.24, 2.45) is 5.92 Å². The van der Waals surface area contributed by atoms with Crippen molar-refractivity contribution in [3.05, 3.63) is 95.1 Å². The summed E-state index contributed by atoms with van der Waals surface area (Å²) in [5, 5.41) is 24.1. The van der Waals surface area contributed by atoms with Gasteiger partial charge in [0.15, 0.2) is 6.29 Å². The zero-order chi connectivity index (χ0) is 27.1. The van der Waals surface area contributed by atoms with Crippen LogP contribution in [0.1, 0.15) is 53.3 Å². The first kappa shape index (κ1) is 27.7. The molecule has 0 spiro atoms. The maximum atomic E-state index is 11.8. The normalized spacial score (nSPS) is 21.0. The van der Waals surface area contributed by atoms with Gasteiger partial charge >= 0.3 is 12.0 Å². The fraction of sp³-hybridized carbons (Fsp3) is 0.310. The molecule has 0 aromatic heterocycles. The van der Waals surface area contributed by atoms with Crippen LogP contribution in [0.3, 0.4) is 0 Å². The van der Waals surface area contributed by atoms with E-state index in [-0.39, 0.29) is 36.3 Å². The molecule has 200 valence electrons. The lowest BCUT2D eigenvalue weighted by atomic mass is 9.91. The van der Waals surface area contributed by atoms with Crippen LogP contribution in [-0.2, 0) is 16.1 Å². The lowest BCUT2D eigenvalue weighted by molar-refractivity contribution is -0.268. The van der Waals surface area contributed by atoms with Gasteiger partial charge in [0.1, 0.15) is 0 Å². The highest BCUT2D eigenvalue weighted by atomic mass is 32.2. The SMILES string of the molecule is CCNC(=O)Nc1ccc([C@@H]2O[C@H](CSc3ccc(C(=O)O)cc3)[C@H](C)[C@H](c3ccc(CO)cc3)O2)cc1. The Morgan fingerprint density at radius 2 is 1.58 bits per heavy atom. The molecule has 4 rings (SSSR count). The molecule has 1 fully saturated rings. The van der Waals surface area contributed by atoms with Gasteiger partial charge in [-0.3, -0.25) is 0 Å². The first-order chi connectivity index (χ1) is 18.4. The van der Waals surface area contributed by atoms with Crippen molar-refractivity contribution in [1.29, 1.82) is 0 Å². The molecule has 8 nitrogen and oxygen atoms in total. The molecule has 3 aromatic carbocycles. The quantitative estimate of drug-likeness (QED) is 0.263. The van der Waals surface area contributed by atoms with E-state index in [0.29, 0.717) is 18.0 Å². The molecule has 0 bridgehead atoms. The van der Waals surface area contributed by atoms with Crippen molar-refractivity contribution < 1.29 is 29.3 Å². The standard InChI is InChI=1S/C29H32N2O6S/c1-3-30-29(35)31-23-12-8-22(9-13-23)28-36-25(17-38-24-14-10-21(11-15-24)27(33)34)18(2)26(37-28)20-6-4-19(16-32)5-7-20/h4-15,18,25-26,28,32H,3,16-17H2,1-2H3,(H,33,34)(H2,30,31,35)/t18-,25+,26+,28+/m0/s1. The van der Waals surface area contributed by atoms with Crippen LogP contribution in [0, 0.1) is 5.92 Å². The lowest BCUT2D eigenvalue weighted by Crippen LogP contribution is -2.38. The van der Waals surface area contributed by atoms with Crippen molar-refractivity contribution in [3.8, 4) is 0 Å². The predicted molar refractivity (Wildman–Crippen MR) is 146 cm³/mol. The molecular formula is C29H32N2O6S. The summed E-state index contributed by atoms with van der Waals surface area (Å²) in [5.74, 6) is -0.279. The Bertz CT molecular complexity index is 1220. The smallest absolute Gasteiger partial charge is 0.335 e. The van der Waals surface area contributed by atoms with E-state index in [9.17, 15) is 14.7 Å². The van der Waals surface area contributed by atoms with Crippen molar-refractivity contribution in [2.75, 3.05) is 17.6 Å². The molecule has 4 N–H and O–H groups in total. The first-order valence-corrected chi connectivity index (χ1v) is 13.5. The van der Waals surface area contributed by atoms with Crippen LogP contribution in [0.2, 0.25) is 0 Å². The van der Waals surface area contributed by atoms with Crippen molar-refractivity contribution >= 4 is 29.4 Å². The maximum Gasteiger partial charge on any atom is 0.335 e. The van der Waals surface area contributed by atoms with Gasteiger partial charge in [0, 0.05) is 34.4 Å². The van der Waals surface area contributed by atoms with E-state index in [4.69, 9.17) is 14.6 Å². The number of ether oxygens (including phenoxy) is 2. The zero-order valence-corrected chi connectivity index (χ0v) is 22.1. The minimum absolute atomic E-state index is 0.0238. The molecule has 1 saturated heterocycles. The number of benzene rings is 3. The van der Waals surface area contributed by atoms with E-state index in [1.165, 1.54) is 0 Å². The molecule has 3 aromatic rings. The molecule has 0 radical (unpaired) electrons. The van der Waals surface area contributed by atoms with Crippen LogP contribution < -0.4 is 10.6 Å². The van der Waals surface area contributed by atoms with E-state index in [1.54, 1.807) is 36.0 Å². The Hall–Kier alpha value is -3.37. The van der Waals surface area contributed by atoms with E-state index < -0.39 is 12.3 Å². The number of nitrogens with one attached hydrogen (secondary N) is 2. The molecule has 1 aliphatic heterocycles. The number of carbonyl (C=O) groups is 2. The second kappa shape index (κ2) is 12.9. The first-order valence-electron chi connectivity index (χ1n) is 12.5. The van der Waals surface area contributed by atoms with Gasteiger partial charge in [-0.2, -0.15) is 0 Å². The number of aliphatic hydroxyl groups excluding tert-OH is 1. The second-order valence-corrected chi connectivity index (χ2v) is 10.2. The van der Waals surface area contributed by atoms with Gasteiger partial charge < -0.3 is 30.3 Å². The average molecular weight is 537 g/mol. The monoisotopic (exact) mass is 536 g/mol. The fourth-order valence-corrected chi connectivity index (χ4v) is 5.31. The van der Waals surface area contributed by atoms with Crippen LogP contribution in [0.4, 0.5) is 10.5 Å². The molecule has 4 atom stereocenters. The van der Waals surface area contributed by atoms with E-state index >= 15 is 0 Å². The van der Waals surface area contributed by atoms with Crippen molar-refractivity contribution in [3.63, 3.8) is 0 Å². The summed E-state index contributed by atoms with van der Waals surface area (Å²) >= 11 is 1.60. The molecule has 9 heteroatoms. The number of hydrogen-bond acceptors (Lipinski definition) is 6. The Kier molecular flexibility index (Phi) is 9.41. The van der Waals surface area contributed by atoms with Crippen LogP contribution >= 0.6 is 11.8 Å². The average Bonchev–Trinajstić information content (AvgIpc) is 2.93. The third kappa shape index (κ3) is 6.93. The summed E-state index contributed by atoms with van der Waals surface area (Å²) in [6.07, 6.45) is -1.02. The van der Waals surface area contributed by atoms with Crippen LogP contribution in [-0.4, -0.2) is 40.6 Å². The van der Waals surface area contributed by atoms with Crippen LogP contribution in [0.5, 0.6) is 0 Å². The number of aromatic carboxylic acids is 1. The highest BCUT2D eigenvalue weighted by molar-refractivity contribution is 7.99. The Labute approximate surface area is 226 Å². The summed E-state index contributed by atoms with van der Waals surface area (Å²) in [5.41, 5.74) is 3.57. The maximum absolute atomic E-state index is 11.8. The van der Waals surface area contributed by atoms with Gasteiger partial charge in [-0.25, -0.2) is 9.59 Å². The summed E-state index contributed by atoms with van der Waals surface area (Å²) in [7, 11) is 0. The number of thioether (sulfide) groups is 1. The Balaban J connectivity index is 1.53. The van der Waals surface area contributed by atoms with Crippen LogP contribution in [0.25, 0.3) is 0 Å². The Morgan fingerprint density at radius 1 is 0.921 bits per heavy atom. The third-order valence-corrected chi connectivity index (χ3v) is 7.52. The van der Waals surface area contributed by atoms with Crippen LogP contribution in [0.15, 0.2) is 77.7 Å². The van der Waals surface area contributed by atoms with E-state index in [1.807, 2.05) is 55.5 Å². The van der Waals surface area contributed by atoms with Gasteiger partial charge in [0.2, 0.25) is 0 Å². The number of aliphatic hydroxyl groups is 1. The number of carboxylic acid groups (broad SMARTS) is 1. The Morgan fingerprint density at radius 3 is 2.18 bits per heavy atom. The molecule has 2 amide bonds. The zero-order valence-electron chi connectivity index (χ0n) is 21.3. The molecule has 1 aliphatic rings. The van der Waals surface area contributed by atoms with Gasteiger partial charge in [-0.15, -0.1) is 11.8 Å². The predicted octanol–water partition coefficient (Wildman–Crippen LogP) is 5.60. The lowest BCUT2D eigenvalue weighted by Gasteiger charge is -2.41. The van der Waals surface area contributed by atoms with Gasteiger partial charge in [0.25, 0.3) is 0 Å². The largest absolute Gasteiger partial charge is 0.478 e. The van der Waals surface area contributed by atoms with Gasteiger partial charge in [-0.05, 0) is 54.4 Å². The number of anilines is 1. The molecule has 0 saturated carbocycles. The molecule has 0 unspecified atom stereocenters. The fourth-order valence-electron chi connectivity index (χ4n) is 4.24. The summed E-state index contributed by atoms with van der Waals surface area (Å²) in [6, 6.07) is 21.7. The number of carboxylic acids is 1. The summed E-state index contributed by atoms with van der Waals surface area (Å²) in [6.45, 7) is 4.47. The number of rotatable bonds is 9. The number of urea groups is 1. The van der Waals surface area contributed by atoms with Gasteiger partial charge in [-0.1, -0.05) is 43.3 Å². The number of carbonyl (C=O) groups excluding carboxylic acids is 1. The second-order valence-electron chi connectivity index (χ2n) is 9.07. The molecule has 1 heterocycles. The summed E-state index contributed by atoms with van der Waals surface area (Å²) < 4.78 is 12.9. The van der Waals surface area contributed by atoms with Crippen molar-refractivity contribution in [1.82, 2.24) is 5.32 Å². The van der Waals surface area contributed by atoms with E-state index in [2.05, 4.69) is 17.6 Å². The minimum Gasteiger partial charge on any atom is -0.478 e. The topological polar surface area (TPSA) is 117 Å². The third-order valence-electron chi connectivity index (χ3n) is 6.42. The van der Waals surface area contributed by atoms with Gasteiger partial charge in [0.05, 0.1) is 24.4 Å². The molecule has 0 aliphatic carbocycles.